The highest BCUT2D eigenvalue weighted by molar-refractivity contribution is 5.04. The van der Waals surface area contributed by atoms with E-state index in [1.54, 1.807) is 0 Å². The van der Waals surface area contributed by atoms with E-state index in [1.807, 2.05) is 0 Å². The Kier molecular flexibility index (Phi) is 1.92. The maximum atomic E-state index is 6.09. The number of fused-ring (bicyclic) bond motifs is 3. The molecule has 0 radical (unpaired) electrons. The van der Waals surface area contributed by atoms with Crippen LogP contribution in [0.4, 0.5) is 0 Å². The zero-order valence-corrected chi connectivity index (χ0v) is 8.21. The highest BCUT2D eigenvalue weighted by atomic mass is 15.2. The van der Waals surface area contributed by atoms with Crippen molar-refractivity contribution in [2.24, 2.45) is 11.7 Å². The van der Waals surface area contributed by atoms with Crippen LogP contribution in [0, 0.1) is 5.92 Å². The number of hydrogen-bond acceptors (Lipinski definition) is 2. The number of rotatable bonds is 1. The molecule has 0 amide bonds. The fraction of sp³-hybridized carbons (Fsp3) is 1.00. The van der Waals surface area contributed by atoms with Crippen LogP contribution < -0.4 is 5.73 Å². The third-order valence-electron chi connectivity index (χ3n) is 4.11. The Morgan fingerprint density at radius 2 is 2.00 bits per heavy atom. The molecule has 1 saturated carbocycles. The zero-order chi connectivity index (χ0) is 8.77. The number of hydrogen-bond donors (Lipinski definition) is 1. The van der Waals surface area contributed by atoms with Crippen molar-refractivity contribution in [3.63, 3.8) is 0 Å². The Labute approximate surface area is 75.1 Å². The largest absolute Gasteiger partial charge is 0.326 e. The number of nitrogens with zero attached hydrogens (tertiary/aromatic N) is 1. The molecule has 2 aliphatic heterocycles. The van der Waals surface area contributed by atoms with E-state index >= 15 is 0 Å². The lowest BCUT2D eigenvalue weighted by Gasteiger charge is -2.55. The predicted molar refractivity (Wildman–Crippen MR) is 51.0 cm³/mol. The van der Waals surface area contributed by atoms with Crippen molar-refractivity contribution >= 4 is 0 Å². The first-order chi connectivity index (χ1) is 5.65. The molecule has 0 aromatic rings. The van der Waals surface area contributed by atoms with Gasteiger partial charge in [0.25, 0.3) is 0 Å². The summed E-state index contributed by atoms with van der Waals surface area (Å²) in [7, 11) is 2.24. The lowest BCUT2D eigenvalue weighted by molar-refractivity contribution is -0.0289. The van der Waals surface area contributed by atoms with Gasteiger partial charge in [-0.1, -0.05) is 0 Å². The van der Waals surface area contributed by atoms with Gasteiger partial charge in [0.2, 0.25) is 0 Å². The van der Waals surface area contributed by atoms with Crippen LogP contribution in [-0.2, 0) is 0 Å². The van der Waals surface area contributed by atoms with Crippen molar-refractivity contribution in [3.05, 3.63) is 0 Å². The summed E-state index contributed by atoms with van der Waals surface area (Å²) < 4.78 is 0. The lowest BCUT2D eigenvalue weighted by Crippen LogP contribution is -2.64. The Balaban J connectivity index is 2.20. The SMILES string of the molecule is CC(N)C12CCC(CC1)CN2C. The highest BCUT2D eigenvalue weighted by Gasteiger charge is 2.46. The average molecular weight is 168 g/mol. The maximum Gasteiger partial charge on any atom is 0.0354 e. The molecule has 70 valence electrons. The van der Waals surface area contributed by atoms with Gasteiger partial charge in [0.15, 0.2) is 0 Å². The summed E-state index contributed by atoms with van der Waals surface area (Å²) in [5.41, 5.74) is 6.44. The molecule has 2 N–H and O–H groups in total. The first kappa shape index (κ1) is 8.52. The molecule has 12 heavy (non-hydrogen) atoms. The second-order valence-corrected chi connectivity index (χ2v) is 4.72. The van der Waals surface area contributed by atoms with E-state index in [-0.39, 0.29) is 0 Å². The number of piperidine rings is 2. The van der Waals surface area contributed by atoms with Gasteiger partial charge in [-0.25, -0.2) is 0 Å². The summed E-state index contributed by atoms with van der Waals surface area (Å²) >= 11 is 0. The molecule has 0 spiro atoms. The molecule has 2 bridgehead atoms. The summed E-state index contributed by atoms with van der Waals surface area (Å²) in [6.45, 7) is 3.45. The normalized spacial score (nSPS) is 44.8. The van der Waals surface area contributed by atoms with Gasteiger partial charge in [0.05, 0.1) is 0 Å². The van der Waals surface area contributed by atoms with E-state index in [0.29, 0.717) is 11.6 Å². The minimum absolute atomic E-state index is 0.337. The first-order valence-electron chi connectivity index (χ1n) is 5.12. The van der Waals surface area contributed by atoms with E-state index in [1.165, 1.54) is 32.2 Å². The topological polar surface area (TPSA) is 29.3 Å². The quantitative estimate of drug-likeness (QED) is 0.637. The van der Waals surface area contributed by atoms with E-state index in [9.17, 15) is 0 Å². The lowest BCUT2D eigenvalue weighted by atomic mass is 9.68. The molecule has 3 aliphatic rings. The molecule has 2 heteroatoms. The molecular weight excluding hydrogens is 148 g/mol. The van der Waals surface area contributed by atoms with Gasteiger partial charge < -0.3 is 5.73 Å². The first-order valence-corrected chi connectivity index (χ1v) is 5.12. The fourth-order valence-electron chi connectivity index (χ4n) is 3.11. The van der Waals surface area contributed by atoms with Crippen LogP contribution in [0.15, 0.2) is 0 Å². The van der Waals surface area contributed by atoms with Crippen LogP contribution in [0.3, 0.4) is 0 Å². The van der Waals surface area contributed by atoms with Crippen LogP contribution in [0.5, 0.6) is 0 Å². The fourth-order valence-corrected chi connectivity index (χ4v) is 3.11. The van der Waals surface area contributed by atoms with E-state index in [2.05, 4.69) is 18.9 Å². The molecule has 1 atom stereocenters. The Morgan fingerprint density at radius 1 is 1.42 bits per heavy atom. The molecule has 3 rings (SSSR count). The third-order valence-corrected chi connectivity index (χ3v) is 4.11. The Morgan fingerprint density at radius 3 is 2.33 bits per heavy atom. The van der Waals surface area contributed by atoms with Gasteiger partial charge in [-0.2, -0.15) is 0 Å². The second-order valence-electron chi connectivity index (χ2n) is 4.72. The van der Waals surface area contributed by atoms with Crippen molar-refractivity contribution < 1.29 is 0 Å². The molecule has 2 heterocycles. The summed E-state index contributed by atoms with van der Waals surface area (Å²) in [5.74, 6) is 0.968. The minimum atomic E-state index is 0.337. The Hall–Kier alpha value is -0.0800. The summed E-state index contributed by atoms with van der Waals surface area (Å²) in [4.78, 5) is 2.51. The van der Waals surface area contributed by atoms with Crippen LogP contribution in [-0.4, -0.2) is 30.1 Å². The molecule has 0 aromatic carbocycles. The van der Waals surface area contributed by atoms with Crippen molar-refractivity contribution in [1.82, 2.24) is 4.90 Å². The summed E-state index contributed by atoms with van der Waals surface area (Å²) in [5, 5.41) is 0. The van der Waals surface area contributed by atoms with Crippen molar-refractivity contribution in [1.29, 1.82) is 0 Å². The van der Waals surface area contributed by atoms with Crippen LogP contribution in [0.1, 0.15) is 32.6 Å². The minimum Gasteiger partial charge on any atom is -0.326 e. The van der Waals surface area contributed by atoms with E-state index in [4.69, 9.17) is 5.73 Å². The van der Waals surface area contributed by atoms with E-state index < -0.39 is 0 Å². The molecular formula is C10H20N2. The molecule has 1 aliphatic carbocycles. The molecule has 3 fully saturated rings. The van der Waals surface area contributed by atoms with Crippen LogP contribution in [0.25, 0.3) is 0 Å². The summed E-state index contributed by atoms with van der Waals surface area (Å²) in [6, 6.07) is 0.337. The Bertz CT molecular complexity index is 169. The third kappa shape index (κ3) is 1.01. The average Bonchev–Trinajstić information content (AvgIpc) is 2.05. The standard InChI is InChI=1S/C10H20N2/c1-8(11)10-5-3-9(4-6-10)7-12(10)2/h8-9H,3-7,11H2,1-2H3. The van der Waals surface area contributed by atoms with Gasteiger partial charge in [-0.3, -0.25) is 4.90 Å². The van der Waals surface area contributed by atoms with Gasteiger partial charge >= 0.3 is 0 Å². The predicted octanol–water partition coefficient (Wildman–Crippen LogP) is 1.21. The van der Waals surface area contributed by atoms with Crippen molar-refractivity contribution in [2.45, 2.75) is 44.2 Å². The van der Waals surface area contributed by atoms with Gasteiger partial charge in [-0.05, 0) is 45.6 Å². The van der Waals surface area contributed by atoms with Gasteiger partial charge in [0, 0.05) is 18.1 Å². The monoisotopic (exact) mass is 168 g/mol. The van der Waals surface area contributed by atoms with E-state index in [0.717, 1.165) is 5.92 Å². The zero-order valence-electron chi connectivity index (χ0n) is 8.21. The second kappa shape index (κ2) is 2.71. The van der Waals surface area contributed by atoms with Crippen molar-refractivity contribution in [2.75, 3.05) is 13.6 Å². The van der Waals surface area contributed by atoms with Crippen molar-refractivity contribution in [3.8, 4) is 0 Å². The smallest absolute Gasteiger partial charge is 0.0354 e. The van der Waals surface area contributed by atoms with Gasteiger partial charge in [-0.15, -0.1) is 0 Å². The van der Waals surface area contributed by atoms with Gasteiger partial charge in [0.1, 0.15) is 0 Å². The molecule has 0 aromatic heterocycles. The summed E-state index contributed by atoms with van der Waals surface area (Å²) in [6.07, 6.45) is 5.47. The molecule has 2 nitrogen and oxygen atoms in total. The molecule has 2 saturated heterocycles. The van der Waals surface area contributed by atoms with Crippen LogP contribution >= 0.6 is 0 Å². The van der Waals surface area contributed by atoms with Crippen LogP contribution in [0.2, 0.25) is 0 Å². The number of nitrogens with two attached hydrogens (primary N) is 1. The molecule has 1 unspecified atom stereocenters. The maximum absolute atomic E-state index is 6.09. The highest BCUT2D eigenvalue weighted by Crippen LogP contribution is 2.43. The number of likely N-dealkylation sites (N-methyl/N-ethyl adjacent to an activating group) is 1.